The zero-order chi connectivity index (χ0) is 6.24. The van der Waals surface area contributed by atoms with Crippen molar-refractivity contribution >= 4 is 0 Å². The van der Waals surface area contributed by atoms with Crippen molar-refractivity contribution < 1.29 is 0 Å². The Balaban J connectivity index is 3.35. The van der Waals surface area contributed by atoms with E-state index in [0.29, 0.717) is 0 Å². The Morgan fingerprint density at radius 3 is 1.25 bits per heavy atom. The van der Waals surface area contributed by atoms with Crippen molar-refractivity contribution in [3.05, 3.63) is 36.5 Å². The van der Waals surface area contributed by atoms with Crippen LogP contribution < -0.4 is 0 Å². The fourth-order valence-corrected chi connectivity index (χ4v) is 0.351. The highest BCUT2D eigenvalue weighted by Crippen LogP contribution is 1.77. The van der Waals surface area contributed by atoms with E-state index in [0.717, 1.165) is 0 Å². The molecular weight excluding hydrogens is 96.1 g/mol. The molecule has 0 rings (SSSR count). The Labute approximate surface area is 51.2 Å². The van der Waals surface area contributed by atoms with Crippen LogP contribution in [0, 0.1) is 0 Å². The maximum atomic E-state index is 2.00. The van der Waals surface area contributed by atoms with Gasteiger partial charge < -0.3 is 0 Å². The van der Waals surface area contributed by atoms with Crippen molar-refractivity contribution in [2.24, 2.45) is 0 Å². The minimum absolute atomic E-state index is 2.00. The van der Waals surface area contributed by atoms with Crippen molar-refractivity contribution in [1.29, 1.82) is 0 Å². The lowest BCUT2D eigenvalue weighted by Crippen LogP contribution is -1.46. The Morgan fingerprint density at radius 1 is 0.625 bits per heavy atom. The highest BCUT2D eigenvalue weighted by atomic mass is 13.6. The lowest BCUT2D eigenvalue weighted by atomic mass is 10.4. The zero-order valence-electron chi connectivity index (χ0n) is 5.46. The summed E-state index contributed by atoms with van der Waals surface area (Å²) in [5.41, 5.74) is 0. The summed E-state index contributed by atoms with van der Waals surface area (Å²) in [5.74, 6) is 0. The molecular formula is C8H12. The SMILES string of the molecule is C/C=C/C=C\C=C\C. The number of hydrogen-bond donors (Lipinski definition) is 0. The molecule has 0 unspecified atom stereocenters. The summed E-state index contributed by atoms with van der Waals surface area (Å²) >= 11 is 0. The van der Waals surface area contributed by atoms with Gasteiger partial charge in [-0.15, -0.1) is 0 Å². The number of hydrogen-bond acceptors (Lipinski definition) is 0. The summed E-state index contributed by atoms with van der Waals surface area (Å²) in [7, 11) is 0. The number of allylic oxidation sites excluding steroid dienone is 6. The van der Waals surface area contributed by atoms with Crippen molar-refractivity contribution in [1.82, 2.24) is 0 Å². The quantitative estimate of drug-likeness (QED) is 0.477. The molecule has 0 nitrogen and oxygen atoms in total. The van der Waals surface area contributed by atoms with Gasteiger partial charge in [-0.2, -0.15) is 0 Å². The van der Waals surface area contributed by atoms with Crippen LogP contribution in [0.1, 0.15) is 13.8 Å². The van der Waals surface area contributed by atoms with E-state index in [2.05, 4.69) is 0 Å². The first-order valence-corrected chi connectivity index (χ1v) is 2.82. The van der Waals surface area contributed by atoms with E-state index in [9.17, 15) is 0 Å². The zero-order valence-corrected chi connectivity index (χ0v) is 5.46. The third-order valence-corrected chi connectivity index (χ3v) is 0.718. The fraction of sp³-hybridized carbons (Fsp3) is 0.250. The molecule has 0 atom stereocenters. The number of rotatable bonds is 2. The van der Waals surface area contributed by atoms with Gasteiger partial charge in [-0.05, 0) is 13.8 Å². The Morgan fingerprint density at radius 2 is 1.00 bits per heavy atom. The van der Waals surface area contributed by atoms with Crippen LogP contribution in [0.15, 0.2) is 36.5 Å². The lowest BCUT2D eigenvalue weighted by Gasteiger charge is -1.68. The molecule has 0 saturated heterocycles. The second-order valence-corrected chi connectivity index (χ2v) is 1.44. The van der Waals surface area contributed by atoms with E-state index in [4.69, 9.17) is 0 Å². The Hall–Kier alpha value is -0.780. The molecule has 0 bridgehead atoms. The van der Waals surface area contributed by atoms with Gasteiger partial charge in [0, 0.05) is 0 Å². The minimum atomic E-state index is 2.00. The van der Waals surface area contributed by atoms with E-state index in [-0.39, 0.29) is 0 Å². The molecule has 0 amide bonds. The molecule has 0 aromatic rings. The summed E-state index contributed by atoms with van der Waals surface area (Å²) in [4.78, 5) is 0. The molecule has 0 aliphatic carbocycles. The van der Waals surface area contributed by atoms with Crippen molar-refractivity contribution in [3.8, 4) is 0 Å². The van der Waals surface area contributed by atoms with Gasteiger partial charge in [-0.3, -0.25) is 0 Å². The first-order valence-electron chi connectivity index (χ1n) is 2.82. The van der Waals surface area contributed by atoms with E-state index in [1.165, 1.54) is 0 Å². The molecule has 0 N–H and O–H groups in total. The van der Waals surface area contributed by atoms with Gasteiger partial charge in [0.25, 0.3) is 0 Å². The highest BCUT2D eigenvalue weighted by molar-refractivity contribution is 5.09. The third kappa shape index (κ3) is 5.22. The monoisotopic (exact) mass is 108 g/mol. The lowest BCUT2D eigenvalue weighted by molar-refractivity contribution is 1.71. The van der Waals surface area contributed by atoms with Crippen LogP contribution in [-0.4, -0.2) is 0 Å². The molecule has 0 aliphatic heterocycles. The second kappa shape index (κ2) is 6.22. The average Bonchev–Trinajstić information content (AvgIpc) is 1.81. The molecule has 44 valence electrons. The van der Waals surface area contributed by atoms with Crippen molar-refractivity contribution in [2.45, 2.75) is 13.8 Å². The normalized spacial score (nSPS) is 12.8. The smallest absolute Gasteiger partial charge is 0.0467 e. The van der Waals surface area contributed by atoms with Crippen LogP contribution in [-0.2, 0) is 0 Å². The van der Waals surface area contributed by atoms with Gasteiger partial charge in [0.1, 0.15) is 0 Å². The average molecular weight is 108 g/mol. The summed E-state index contributed by atoms with van der Waals surface area (Å²) in [6.45, 7) is 4.00. The van der Waals surface area contributed by atoms with Crippen molar-refractivity contribution in [2.75, 3.05) is 0 Å². The van der Waals surface area contributed by atoms with Gasteiger partial charge in [-0.1, -0.05) is 36.5 Å². The summed E-state index contributed by atoms with van der Waals surface area (Å²) in [6.07, 6.45) is 12.0. The van der Waals surface area contributed by atoms with E-state index in [1.807, 2.05) is 50.3 Å². The topological polar surface area (TPSA) is 0 Å². The first kappa shape index (κ1) is 7.22. The fourth-order valence-electron chi connectivity index (χ4n) is 0.351. The molecule has 0 spiro atoms. The molecule has 0 radical (unpaired) electrons. The molecule has 8 heavy (non-hydrogen) atoms. The van der Waals surface area contributed by atoms with Gasteiger partial charge >= 0.3 is 0 Å². The van der Waals surface area contributed by atoms with Crippen molar-refractivity contribution in [3.63, 3.8) is 0 Å². The Kier molecular flexibility index (Phi) is 5.61. The van der Waals surface area contributed by atoms with Gasteiger partial charge in [0.2, 0.25) is 0 Å². The molecule has 0 aromatic heterocycles. The van der Waals surface area contributed by atoms with E-state index in [1.54, 1.807) is 0 Å². The second-order valence-electron chi connectivity index (χ2n) is 1.44. The maximum Gasteiger partial charge on any atom is -0.0467 e. The standard InChI is InChI=1S/C8H12/c1-3-5-7-8-6-4-2/h3-8H,1-2H3/b5-3+,6-4+,8-7-. The highest BCUT2D eigenvalue weighted by Gasteiger charge is 1.55. The first-order chi connectivity index (χ1) is 3.91. The molecule has 0 heterocycles. The predicted molar refractivity (Wildman–Crippen MR) is 38.8 cm³/mol. The molecule has 0 fully saturated rings. The molecule has 0 saturated carbocycles. The van der Waals surface area contributed by atoms with Crippen LogP contribution >= 0.6 is 0 Å². The Bertz CT molecular complexity index is 91.2. The predicted octanol–water partition coefficient (Wildman–Crippen LogP) is 2.69. The van der Waals surface area contributed by atoms with Crippen LogP contribution in [0.2, 0.25) is 0 Å². The van der Waals surface area contributed by atoms with E-state index >= 15 is 0 Å². The van der Waals surface area contributed by atoms with E-state index < -0.39 is 0 Å². The maximum absolute atomic E-state index is 2.00. The minimum Gasteiger partial charge on any atom is -0.0877 e. The summed E-state index contributed by atoms with van der Waals surface area (Å²) in [5, 5.41) is 0. The van der Waals surface area contributed by atoms with Crippen LogP contribution in [0.25, 0.3) is 0 Å². The summed E-state index contributed by atoms with van der Waals surface area (Å²) in [6, 6.07) is 0. The van der Waals surface area contributed by atoms with Gasteiger partial charge in [0.15, 0.2) is 0 Å². The molecule has 0 aliphatic rings. The van der Waals surface area contributed by atoms with Gasteiger partial charge in [0.05, 0.1) is 0 Å². The largest absolute Gasteiger partial charge is 0.0877 e. The van der Waals surface area contributed by atoms with Crippen LogP contribution in [0.4, 0.5) is 0 Å². The third-order valence-electron chi connectivity index (χ3n) is 0.718. The van der Waals surface area contributed by atoms with Crippen LogP contribution in [0.5, 0.6) is 0 Å². The molecule has 0 heteroatoms. The molecule has 0 aromatic carbocycles. The van der Waals surface area contributed by atoms with Crippen LogP contribution in [0.3, 0.4) is 0 Å². The summed E-state index contributed by atoms with van der Waals surface area (Å²) < 4.78 is 0. The van der Waals surface area contributed by atoms with Gasteiger partial charge in [-0.25, -0.2) is 0 Å².